The fraction of sp³-hybridized carbons (Fsp3) is 0. The standard InChI is InChI=1S/C12H11Si.Al.4ClH.2Mg.2H2O/c1-3-7-11(8-4-1)13-12-9-5-2-6-10-12;;;;;;;;;/h1-10,13H;;4*1H;;;2*1H2/q;+2;;;;;2*+2;;/p-6. The summed E-state index contributed by atoms with van der Waals surface area (Å²) in [5.41, 5.74) is 0. The van der Waals surface area contributed by atoms with Gasteiger partial charge in [0.1, 0.15) is 7.36 Å². The van der Waals surface area contributed by atoms with Gasteiger partial charge in [-0.2, -0.15) is 0 Å². The molecule has 0 spiro atoms. The number of halogens is 4. The maximum atomic E-state index is 9.68. The smallest absolute Gasteiger partial charge is 0.496 e. The molecule has 2 N–H and O–H groups in total. The Labute approximate surface area is 171 Å². The lowest BCUT2D eigenvalue weighted by Crippen LogP contribution is -2.54. The third kappa shape index (κ3) is 10.6. The number of benzene rings is 2. The van der Waals surface area contributed by atoms with Crippen LogP contribution >= 0.6 is 36.3 Å². The monoisotopic (exact) mass is 432 g/mol. The van der Waals surface area contributed by atoms with E-state index < -0.39 is 57.9 Å². The molecule has 0 saturated heterocycles. The highest BCUT2D eigenvalue weighted by molar-refractivity contribution is 7.28. The lowest BCUT2D eigenvalue weighted by molar-refractivity contribution is 0.433. The highest BCUT2D eigenvalue weighted by Gasteiger charge is 2.33. The summed E-state index contributed by atoms with van der Waals surface area (Å²) in [5, 5.41) is 2.21. The van der Waals surface area contributed by atoms with Gasteiger partial charge in [0.2, 0.25) is 0 Å². The Hall–Kier alpha value is 1.80. The van der Waals surface area contributed by atoms with Crippen LogP contribution in [0.25, 0.3) is 0 Å². The van der Waals surface area contributed by atoms with Gasteiger partial charge in [0.05, 0.1) is 0 Å². The van der Waals surface area contributed by atoms with E-state index in [1.54, 1.807) is 0 Å². The Morgan fingerprint density at radius 1 is 0.682 bits per heavy atom. The molecule has 2 rings (SSSR count). The van der Waals surface area contributed by atoms with Crippen molar-refractivity contribution in [2.45, 2.75) is 0 Å². The molecule has 0 saturated carbocycles. The number of hydrogen-bond acceptors (Lipinski definition) is 2. The molecule has 10 heteroatoms. The fourth-order valence-corrected chi connectivity index (χ4v) is 7.60. The van der Waals surface area contributed by atoms with Crippen molar-refractivity contribution >= 4 is 105 Å². The first kappa shape index (κ1) is 23.8. The Morgan fingerprint density at radius 3 is 1.18 bits per heavy atom. The molecule has 0 radical (unpaired) electrons. The van der Waals surface area contributed by atoms with Gasteiger partial charge in [-0.05, 0) is 0 Å². The zero-order chi connectivity index (χ0) is 16.8. The summed E-state index contributed by atoms with van der Waals surface area (Å²) in [6.07, 6.45) is 0. The van der Waals surface area contributed by atoms with E-state index in [1.165, 1.54) is 0 Å². The van der Waals surface area contributed by atoms with E-state index in [4.69, 9.17) is 36.3 Å². The first-order valence-corrected chi connectivity index (χ1v) is 19.7. The van der Waals surface area contributed by atoms with Gasteiger partial charge in [-0.15, -0.1) is 0 Å². The molecule has 2 aromatic rings. The van der Waals surface area contributed by atoms with Gasteiger partial charge in [0.15, 0.2) is 0 Å². The summed E-state index contributed by atoms with van der Waals surface area (Å²) in [7, 11) is 17.8. The lowest BCUT2D eigenvalue weighted by Gasteiger charge is -2.13. The normalized spacial score (nSPS) is 8.50. The van der Waals surface area contributed by atoms with E-state index in [9.17, 15) is 8.32 Å². The van der Waals surface area contributed by atoms with E-state index in [-0.39, 0.29) is 0 Å². The largest absolute Gasteiger partial charge is 0.649 e. The van der Waals surface area contributed by atoms with E-state index in [2.05, 4.69) is 0 Å². The predicted octanol–water partition coefficient (Wildman–Crippen LogP) is 1.58. The third-order valence-corrected chi connectivity index (χ3v) is 9.52. The van der Waals surface area contributed by atoms with Crippen LogP contribution in [0, 0.1) is 0 Å². The molecule has 2 nitrogen and oxygen atoms in total. The summed E-state index contributed by atoms with van der Waals surface area (Å²) in [6.45, 7) is 0. The van der Waals surface area contributed by atoms with Crippen molar-refractivity contribution in [1.29, 1.82) is 0 Å². The molecule has 0 heterocycles. The van der Waals surface area contributed by atoms with Crippen LogP contribution in [0.15, 0.2) is 60.7 Å². The molecule has 0 aliphatic heterocycles. The van der Waals surface area contributed by atoms with Gasteiger partial charge in [-0.25, -0.2) is 0 Å². The maximum Gasteiger partial charge on any atom is 0.649 e. The van der Waals surface area contributed by atoms with Crippen LogP contribution in [0.4, 0.5) is 0 Å². The van der Waals surface area contributed by atoms with Gasteiger partial charge in [0.25, 0.3) is 0 Å². The first-order valence-electron chi connectivity index (χ1n) is 6.32. The van der Waals surface area contributed by atoms with Crippen molar-refractivity contribution in [3.8, 4) is 0 Å². The van der Waals surface area contributed by atoms with Gasteiger partial charge in [-0.3, -0.25) is 0 Å². The van der Waals surface area contributed by atoms with Crippen LogP contribution in [-0.4, -0.2) is 66.2 Å². The van der Waals surface area contributed by atoms with Crippen molar-refractivity contribution in [3.05, 3.63) is 60.7 Å². The summed E-state index contributed by atoms with van der Waals surface area (Å²) < 4.78 is 19.4. The van der Waals surface area contributed by atoms with Crippen LogP contribution in [0.2, 0.25) is 0 Å². The molecule has 0 amide bonds. The Morgan fingerprint density at radius 2 is 0.955 bits per heavy atom. The highest BCUT2D eigenvalue weighted by atomic mass is 35.6. The minimum absolute atomic E-state index is 0.639. The van der Waals surface area contributed by atoms with Crippen molar-refractivity contribution in [1.82, 2.24) is 0 Å². The molecular weight excluding hydrogens is 422 g/mol. The summed E-state index contributed by atoms with van der Waals surface area (Å²) in [5.74, 6) is 0. The highest BCUT2D eigenvalue weighted by Crippen LogP contribution is 1.93. The molecule has 22 heavy (non-hydrogen) atoms. The molecular formula is C12H13AlCl4Mg2O2Si. The van der Waals surface area contributed by atoms with Crippen LogP contribution in [-0.2, 0) is 0 Å². The molecule has 0 fully saturated rings. The quantitative estimate of drug-likeness (QED) is 0.720. The van der Waals surface area contributed by atoms with Crippen LogP contribution < -0.4 is 10.4 Å². The van der Waals surface area contributed by atoms with Crippen molar-refractivity contribution < 1.29 is 8.32 Å². The van der Waals surface area contributed by atoms with Crippen molar-refractivity contribution in [2.24, 2.45) is 0 Å². The first-order chi connectivity index (χ1) is 10.6. The number of hydrogen-bond donors (Lipinski definition) is 2. The molecule has 2 aromatic carbocycles. The van der Waals surface area contributed by atoms with Gasteiger partial charge in [-0.1, -0.05) is 71.0 Å². The third-order valence-electron chi connectivity index (χ3n) is 2.62. The van der Waals surface area contributed by atoms with Crippen molar-refractivity contribution in [2.75, 3.05) is 0 Å². The molecule has 0 aliphatic carbocycles. The van der Waals surface area contributed by atoms with E-state index in [1.807, 2.05) is 60.7 Å². The molecule has 112 valence electrons. The molecule has 0 unspecified atom stereocenters. The van der Waals surface area contributed by atoms with Gasteiger partial charge >= 0.3 is 50.5 Å². The SMILES string of the molecule is [Cl][Mg][Cl].[Cl][Mg][Cl].[OH][Al]([OH])[SiH](c1ccccc1)c1ccccc1. The minimum atomic E-state index is -2.60. The van der Waals surface area contributed by atoms with Crippen LogP contribution in [0.1, 0.15) is 0 Å². The second kappa shape index (κ2) is 16.3. The zero-order valence-corrected chi connectivity index (χ0v) is 19.9. The van der Waals surface area contributed by atoms with Crippen LogP contribution in [0.3, 0.4) is 0 Å². The Kier molecular flexibility index (Phi) is 17.6. The summed E-state index contributed by atoms with van der Waals surface area (Å²) >= 11 is -3.88. The summed E-state index contributed by atoms with van der Waals surface area (Å²) in [6, 6.07) is 19.7. The summed E-state index contributed by atoms with van der Waals surface area (Å²) in [4.78, 5) is 0. The Balaban J connectivity index is 0.000000639. The maximum absolute atomic E-state index is 9.68. The van der Waals surface area contributed by atoms with E-state index in [0.717, 1.165) is 10.4 Å². The van der Waals surface area contributed by atoms with E-state index >= 15 is 0 Å². The topological polar surface area (TPSA) is 40.5 Å². The van der Waals surface area contributed by atoms with Crippen LogP contribution in [0.5, 0.6) is 0 Å². The van der Waals surface area contributed by atoms with E-state index in [0.29, 0.717) is 0 Å². The van der Waals surface area contributed by atoms with Crippen molar-refractivity contribution in [3.63, 3.8) is 0 Å². The molecule has 0 aliphatic rings. The Bertz CT molecular complexity index is 444. The predicted molar refractivity (Wildman–Crippen MR) is 104 cm³/mol. The zero-order valence-electron chi connectivity index (χ0n) is 11.7. The minimum Gasteiger partial charge on any atom is -0.496 e. The average Bonchev–Trinajstić information content (AvgIpc) is 2.51. The van der Waals surface area contributed by atoms with Gasteiger partial charge in [0, 0.05) is 0 Å². The second-order valence-corrected chi connectivity index (χ2v) is 16.1. The number of rotatable bonds is 3. The molecule has 0 aromatic heterocycles. The molecule has 0 atom stereocenters. The second-order valence-electron chi connectivity index (χ2n) is 3.91. The van der Waals surface area contributed by atoms with Gasteiger partial charge < -0.3 is 44.6 Å². The average molecular weight is 435 g/mol. The molecule has 0 bridgehead atoms. The lowest BCUT2D eigenvalue weighted by atomic mass is 10.4. The fourth-order valence-electron chi connectivity index (χ4n) is 1.86.